The molecule has 0 bridgehead atoms. The summed E-state index contributed by atoms with van der Waals surface area (Å²) in [6.07, 6.45) is 2.27. The van der Waals surface area contributed by atoms with E-state index < -0.39 is 0 Å². The Balaban J connectivity index is 1.51. The second kappa shape index (κ2) is 6.00. The minimum Gasteiger partial charge on any atom is -0.371 e. The number of aromatic amines is 1. The summed E-state index contributed by atoms with van der Waals surface area (Å²) >= 11 is 0. The van der Waals surface area contributed by atoms with Crippen LogP contribution < -0.4 is 10.2 Å². The number of hydrogen-bond donors (Lipinski definition) is 2. The van der Waals surface area contributed by atoms with Crippen molar-refractivity contribution in [2.24, 2.45) is 0 Å². The first-order valence-corrected chi connectivity index (χ1v) is 7.12. The molecule has 1 fully saturated rings. The Morgan fingerprint density at radius 1 is 1.25 bits per heavy atom. The van der Waals surface area contributed by atoms with Crippen LogP contribution >= 0.6 is 0 Å². The van der Waals surface area contributed by atoms with E-state index in [0.29, 0.717) is 6.04 Å². The molecule has 2 heterocycles. The van der Waals surface area contributed by atoms with E-state index in [1.165, 1.54) is 5.69 Å². The van der Waals surface area contributed by atoms with Crippen LogP contribution in [0.3, 0.4) is 0 Å². The lowest BCUT2D eigenvalue weighted by molar-refractivity contribution is 0.374. The molecule has 1 aromatic carbocycles. The molecule has 0 radical (unpaired) electrons. The first kappa shape index (κ1) is 13.1. The van der Waals surface area contributed by atoms with E-state index >= 15 is 0 Å². The van der Waals surface area contributed by atoms with Gasteiger partial charge in [0.15, 0.2) is 5.82 Å². The molecule has 1 atom stereocenters. The molecule has 2 N–H and O–H groups in total. The Hall–Kier alpha value is -1.95. The zero-order valence-electron chi connectivity index (χ0n) is 11.7. The van der Waals surface area contributed by atoms with Crippen LogP contribution in [0.2, 0.25) is 0 Å². The number of nitrogens with zero attached hydrogens (tertiary/aromatic N) is 4. The first-order chi connectivity index (χ1) is 9.83. The molecule has 2 aromatic rings. The summed E-state index contributed by atoms with van der Waals surface area (Å²) in [5.74, 6) is 0.732. The number of aromatic nitrogens is 4. The average Bonchev–Trinajstić information content (AvgIpc) is 3.03. The summed E-state index contributed by atoms with van der Waals surface area (Å²) in [5.41, 5.74) is 1.32. The summed E-state index contributed by atoms with van der Waals surface area (Å²) in [4.78, 5) is 2.44. The van der Waals surface area contributed by atoms with Crippen LogP contribution in [0.4, 0.5) is 5.69 Å². The number of hydrogen-bond acceptors (Lipinski definition) is 5. The third-order valence-corrected chi connectivity index (χ3v) is 3.85. The van der Waals surface area contributed by atoms with Crippen molar-refractivity contribution >= 4 is 5.69 Å². The normalized spacial score (nSPS) is 18.1. The summed E-state index contributed by atoms with van der Waals surface area (Å²) in [6.45, 7) is 4.25. The Morgan fingerprint density at radius 3 is 2.65 bits per heavy atom. The maximum absolute atomic E-state index is 4.02. The molecule has 0 saturated carbocycles. The predicted octanol–water partition coefficient (Wildman–Crippen LogP) is 1.52. The Kier molecular flexibility index (Phi) is 3.92. The van der Waals surface area contributed by atoms with Crippen LogP contribution in [0.5, 0.6) is 0 Å². The van der Waals surface area contributed by atoms with Crippen molar-refractivity contribution < 1.29 is 0 Å². The van der Waals surface area contributed by atoms with Crippen molar-refractivity contribution in [3.63, 3.8) is 0 Å². The van der Waals surface area contributed by atoms with Gasteiger partial charge in [0.05, 0.1) is 6.04 Å². The molecular weight excluding hydrogens is 252 g/mol. The second-order valence-corrected chi connectivity index (χ2v) is 5.26. The number of rotatable bonds is 4. The molecule has 1 saturated heterocycles. The molecule has 1 aliphatic heterocycles. The highest BCUT2D eigenvalue weighted by atomic mass is 15.5. The molecule has 0 amide bonds. The van der Waals surface area contributed by atoms with E-state index in [4.69, 9.17) is 0 Å². The second-order valence-electron chi connectivity index (χ2n) is 5.26. The Bertz CT molecular complexity index is 504. The Labute approximate surface area is 118 Å². The van der Waals surface area contributed by atoms with Crippen molar-refractivity contribution in [1.82, 2.24) is 25.9 Å². The number of tetrazole rings is 1. The van der Waals surface area contributed by atoms with E-state index in [2.05, 4.69) is 68.1 Å². The van der Waals surface area contributed by atoms with E-state index in [9.17, 15) is 0 Å². The van der Waals surface area contributed by atoms with Gasteiger partial charge in [-0.2, -0.15) is 5.21 Å². The number of H-pyrrole nitrogens is 1. The maximum Gasteiger partial charge on any atom is 0.191 e. The summed E-state index contributed by atoms with van der Waals surface area (Å²) in [6, 6.07) is 11.3. The minimum atomic E-state index is 0.141. The van der Waals surface area contributed by atoms with E-state index in [-0.39, 0.29) is 6.04 Å². The standard InChI is InChI=1S/C14H20N6/c1-11(14-16-18-19-17-14)15-12-7-9-20(10-8-12)13-5-3-2-4-6-13/h2-6,11-12,15H,7-10H2,1H3,(H,16,17,18,19). The number of benzene rings is 1. The van der Waals surface area contributed by atoms with Crippen LogP contribution in [-0.2, 0) is 0 Å². The third kappa shape index (κ3) is 2.96. The van der Waals surface area contributed by atoms with Crippen LogP contribution in [-0.4, -0.2) is 39.8 Å². The van der Waals surface area contributed by atoms with E-state index in [0.717, 1.165) is 31.8 Å². The van der Waals surface area contributed by atoms with Gasteiger partial charge in [0.25, 0.3) is 0 Å². The molecule has 1 aromatic heterocycles. The first-order valence-electron chi connectivity index (χ1n) is 7.12. The van der Waals surface area contributed by atoms with Crippen molar-refractivity contribution in [3.05, 3.63) is 36.2 Å². The molecule has 0 aliphatic carbocycles. The fraction of sp³-hybridized carbons (Fsp3) is 0.500. The van der Waals surface area contributed by atoms with Gasteiger partial charge in [0, 0.05) is 24.8 Å². The van der Waals surface area contributed by atoms with Crippen LogP contribution in [0.25, 0.3) is 0 Å². The molecule has 106 valence electrons. The Morgan fingerprint density at radius 2 is 2.00 bits per heavy atom. The van der Waals surface area contributed by atoms with Crippen molar-refractivity contribution in [2.45, 2.75) is 31.8 Å². The fourth-order valence-corrected chi connectivity index (χ4v) is 2.72. The number of anilines is 1. The molecule has 1 unspecified atom stereocenters. The number of nitrogens with one attached hydrogen (secondary N) is 2. The van der Waals surface area contributed by atoms with Crippen LogP contribution in [0.15, 0.2) is 30.3 Å². The lowest BCUT2D eigenvalue weighted by atomic mass is 10.0. The molecule has 0 spiro atoms. The predicted molar refractivity (Wildman–Crippen MR) is 77.4 cm³/mol. The van der Waals surface area contributed by atoms with E-state index in [1.807, 2.05) is 0 Å². The minimum absolute atomic E-state index is 0.141. The highest BCUT2D eigenvalue weighted by Crippen LogP contribution is 2.20. The molecule has 3 rings (SSSR count). The van der Waals surface area contributed by atoms with Crippen LogP contribution in [0.1, 0.15) is 31.6 Å². The summed E-state index contributed by atoms with van der Waals surface area (Å²) in [7, 11) is 0. The SMILES string of the molecule is CC(NC1CCN(c2ccccc2)CC1)c1nn[nH]n1. The zero-order valence-corrected chi connectivity index (χ0v) is 11.7. The molecule has 6 nitrogen and oxygen atoms in total. The van der Waals surface area contributed by atoms with Gasteiger partial charge >= 0.3 is 0 Å². The fourth-order valence-electron chi connectivity index (χ4n) is 2.72. The van der Waals surface area contributed by atoms with Crippen LogP contribution in [0, 0.1) is 0 Å². The highest BCUT2D eigenvalue weighted by molar-refractivity contribution is 5.46. The van der Waals surface area contributed by atoms with Crippen molar-refractivity contribution in [3.8, 4) is 0 Å². The number of para-hydroxylation sites is 1. The third-order valence-electron chi connectivity index (χ3n) is 3.85. The van der Waals surface area contributed by atoms with Crippen molar-refractivity contribution in [1.29, 1.82) is 0 Å². The molecule has 6 heteroatoms. The molecular formula is C14H20N6. The van der Waals surface area contributed by atoms with Gasteiger partial charge in [-0.15, -0.1) is 10.2 Å². The van der Waals surface area contributed by atoms with E-state index in [1.54, 1.807) is 0 Å². The highest BCUT2D eigenvalue weighted by Gasteiger charge is 2.22. The average molecular weight is 272 g/mol. The van der Waals surface area contributed by atoms with Gasteiger partial charge in [-0.3, -0.25) is 0 Å². The molecule has 1 aliphatic rings. The topological polar surface area (TPSA) is 69.7 Å². The maximum atomic E-state index is 4.02. The van der Waals surface area contributed by atoms with Gasteiger partial charge in [-0.05, 0) is 31.9 Å². The van der Waals surface area contributed by atoms with Crippen molar-refractivity contribution in [2.75, 3.05) is 18.0 Å². The van der Waals surface area contributed by atoms with Gasteiger partial charge < -0.3 is 10.2 Å². The van der Waals surface area contributed by atoms with Gasteiger partial charge in [-0.1, -0.05) is 23.4 Å². The lowest BCUT2D eigenvalue weighted by Gasteiger charge is -2.34. The summed E-state index contributed by atoms with van der Waals surface area (Å²) in [5, 5.41) is 17.7. The monoisotopic (exact) mass is 272 g/mol. The number of piperidine rings is 1. The van der Waals surface area contributed by atoms with Gasteiger partial charge in [0.1, 0.15) is 0 Å². The smallest absolute Gasteiger partial charge is 0.191 e. The molecule has 20 heavy (non-hydrogen) atoms. The zero-order chi connectivity index (χ0) is 13.8. The summed E-state index contributed by atoms with van der Waals surface area (Å²) < 4.78 is 0. The quantitative estimate of drug-likeness (QED) is 0.883. The van der Waals surface area contributed by atoms with Gasteiger partial charge in [0.2, 0.25) is 0 Å². The largest absolute Gasteiger partial charge is 0.371 e. The lowest BCUT2D eigenvalue weighted by Crippen LogP contribution is -2.43. The van der Waals surface area contributed by atoms with Gasteiger partial charge in [-0.25, -0.2) is 0 Å².